The minimum Gasteiger partial charge on any atom is -0.306 e. The van der Waals surface area contributed by atoms with Crippen LogP contribution in [-0.4, -0.2) is 20.4 Å². The van der Waals surface area contributed by atoms with Gasteiger partial charge in [-0.3, -0.25) is 4.79 Å². The number of sulfonamides is 1. The lowest BCUT2D eigenvalue weighted by molar-refractivity contribution is -0.120. The summed E-state index contributed by atoms with van der Waals surface area (Å²) in [6.45, 7) is 7.58. The van der Waals surface area contributed by atoms with E-state index < -0.39 is 16.1 Å². The van der Waals surface area contributed by atoms with Crippen LogP contribution in [0.2, 0.25) is 0 Å². The van der Waals surface area contributed by atoms with Crippen molar-refractivity contribution in [2.45, 2.75) is 23.9 Å². The highest BCUT2D eigenvalue weighted by Crippen LogP contribution is 2.33. The minimum atomic E-state index is -3.87. The van der Waals surface area contributed by atoms with Gasteiger partial charge in [0.2, 0.25) is 15.9 Å². The first-order chi connectivity index (χ1) is 14.5. The fourth-order valence-corrected chi connectivity index (χ4v) is 4.77. The number of rotatable bonds is 5. The quantitative estimate of drug-likeness (QED) is 0.644. The van der Waals surface area contributed by atoms with Crippen molar-refractivity contribution in [2.75, 3.05) is 4.90 Å². The lowest BCUT2D eigenvalue weighted by Crippen LogP contribution is -2.52. The van der Waals surface area contributed by atoms with Crippen LogP contribution < -0.4 is 9.62 Å². The highest BCUT2D eigenvalue weighted by Gasteiger charge is 2.35. The molecule has 1 atom stereocenters. The third-order valence-corrected chi connectivity index (χ3v) is 6.49. The van der Waals surface area contributed by atoms with Gasteiger partial charge in [-0.25, -0.2) is 13.3 Å². The standard InChI is InChI=1S/C23H19N3O3S/c1-24-19-12-13-22-18(14-19)15-21(25-30(28,29)20-10-6-3-7-11-20)23(27)26(22)16-17-8-4-2-5-9-17/h2-14,21,25H,15-16H2/t21-/m0/s1. The molecule has 4 rings (SSSR count). The Balaban J connectivity index is 1.71. The summed E-state index contributed by atoms with van der Waals surface area (Å²) >= 11 is 0. The third-order valence-electron chi connectivity index (χ3n) is 5.01. The van der Waals surface area contributed by atoms with Crippen LogP contribution in [0.1, 0.15) is 11.1 Å². The average Bonchev–Trinajstić information content (AvgIpc) is 2.77. The van der Waals surface area contributed by atoms with E-state index in [9.17, 15) is 13.2 Å². The Kier molecular flexibility index (Phi) is 5.36. The molecule has 7 heteroatoms. The molecule has 0 aliphatic carbocycles. The normalized spacial score (nSPS) is 16.0. The summed E-state index contributed by atoms with van der Waals surface area (Å²) in [7, 11) is -3.87. The largest absolute Gasteiger partial charge is 0.306 e. The van der Waals surface area contributed by atoms with Crippen LogP contribution in [0, 0.1) is 6.57 Å². The van der Waals surface area contributed by atoms with Gasteiger partial charge in [0, 0.05) is 5.69 Å². The molecule has 0 aromatic heterocycles. The summed E-state index contributed by atoms with van der Waals surface area (Å²) in [5, 5.41) is 0. The molecule has 1 N–H and O–H groups in total. The first-order valence-corrected chi connectivity index (χ1v) is 10.9. The number of nitrogens with one attached hydrogen (secondary N) is 1. The second-order valence-corrected chi connectivity index (χ2v) is 8.74. The van der Waals surface area contributed by atoms with Crippen molar-refractivity contribution in [1.29, 1.82) is 0 Å². The second-order valence-electron chi connectivity index (χ2n) is 7.03. The van der Waals surface area contributed by atoms with Gasteiger partial charge < -0.3 is 4.90 Å². The molecule has 0 radical (unpaired) electrons. The van der Waals surface area contributed by atoms with Crippen LogP contribution in [0.15, 0.2) is 83.8 Å². The van der Waals surface area contributed by atoms with Crippen molar-refractivity contribution in [3.8, 4) is 0 Å². The molecule has 6 nitrogen and oxygen atoms in total. The SMILES string of the molecule is [C-]#[N+]c1ccc2c(c1)C[C@H](NS(=O)(=O)c1ccccc1)C(=O)N2Cc1ccccc1. The Morgan fingerprint density at radius 3 is 2.33 bits per heavy atom. The second kappa shape index (κ2) is 8.11. The van der Waals surface area contributed by atoms with Crippen molar-refractivity contribution in [3.63, 3.8) is 0 Å². The number of amides is 1. The molecule has 3 aromatic rings. The fourth-order valence-electron chi connectivity index (χ4n) is 3.56. The summed E-state index contributed by atoms with van der Waals surface area (Å²) in [5.41, 5.74) is 2.84. The molecule has 3 aromatic carbocycles. The molecule has 1 aliphatic heterocycles. The zero-order chi connectivity index (χ0) is 21.1. The number of carbonyl (C=O) groups is 1. The molecule has 1 heterocycles. The van der Waals surface area contributed by atoms with Gasteiger partial charge in [-0.2, -0.15) is 4.72 Å². The predicted octanol–water partition coefficient (Wildman–Crippen LogP) is 3.67. The van der Waals surface area contributed by atoms with Gasteiger partial charge in [0.25, 0.3) is 0 Å². The first kappa shape index (κ1) is 19.8. The van der Waals surface area contributed by atoms with E-state index in [0.29, 0.717) is 17.9 Å². The van der Waals surface area contributed by atoms with Crippen molar-refractivity contribution in [2.24, 2.45) is 0 Å². The molecule has 1 amide bonds. The lowest BCUT2D eigenvalue weighted by atomic mass is 9.96. The van der Waals surface area contributed by atoms with E-state index in [2.05, 4.69) is 9.57 Å². The lowest BCUT2D eigenvalue weighted by Gasteiger charge is -2.34. The van der Waals surface area contributed by atoms with E-state index >= 15 is 0 Å². The van der Waals surface area contributed by atoms with Crippen LogP contribution in [-0.2, 0) is 27.8 Å². The van der Waals surface area contributed by atoms with Gasteiger partial charge in [0.15, 0.2) is 5.69 Å². The minimum absolute atomic E-state index is 0.105. The summed E-state index contributed by atoms with van der Waals surface area (Å²) in [5.74, 6) is -0.318. The fraction of sp³-hybridized carbons (Fsp3) is 0.130. The number of carbonyl (C=O) groups excluding carboxylic acids is 1. The molecule has 0 unspecified atom stereocenters. The van der Waals surface area contributed by atoms with Gasteiger partial charge in [-0.15, -0.1) is 0 Å². The summed E-state index contributed by atoms with van der Waals surface area (Å²) < 4.78 is 28.2. The van der Waals surface area contributed by atoms with Crippen molar-refractivity contribution in [3.05, 3.63) is 101 Å². The van der Waals surface area contributed by atoms with Crippen LogP contribution in [0.4, 0.5) is 11.4 Å². The number of anilines is 1. The summed E-state index contributed by atoms with van der Waals surface area (Å²) in [4.78, 5) is 18.4. The highest BCUT2D eigenvalue weighted by molar-refractivity contribution is 7.89. The van der Waals surface area contributed by atoms with Crippen molar-refractivity contribution < 1.29 is 13.2 Å². The van der Waals surface area contributed by atoms with Crippen molar-refractivity contribution in [1.82, 2.24) is 4.72 Å². The van der Waals surface area contributed by atoms with Gasteiger partial charge in [0.1, 0.15) is 6.04 Å². The van der Waals surface area contributed by atoms with E-state index in [1.54, 1.807) is 41.3 Å². The van der Waals surface area contributed by atoms with E-state index in [1.165, 1.54) is 12.1 Å². The van der Waals surface area contributed by atoms with Crippen molar-refractivity contribution >= 4 is 27.3 Å². The maximum Gasteiger partial charge on any atom is 0.245 e. The number of hydrogen-bond acceptors (Lipinski definition) is 3. The Morgan fingerprint density at radius 2 is 1.67 bits per heavy atom. The maximum absolute atomic E-state index is 13.3. The van der Waals surface area contributed by atoms with E-state index in [-0.39, 0.29) is 17.2 Å². The molecule has 0 bridgehead atoms. The van der Waals surface area contributed by atoms with E-state index in [0.717, 1.165) is 11.1 Å². The molecule has 1 aliphatic rings. The number of fused-ring (bicyclic) bond motifs is 1. The van der Waals surface area contributed by atoms with Gasteiger partial charge in [0.05, 0.1) is 18.0 Å². The van der Waals surface area contributed by atoms with E-state index in [4.69, 9.17) is 6.57 Å². The zero-order valence-electron chi connectivity index (χ0n) is 16.0. The molecule has 30 heavy (non-hydrogen) atoms. The molecule has 0 spiro atoms. The first-order valence-electron chi connectivity index (χ1n) is 9.41. The Labute approximate surface area is 175 Å². The Morgan fingerprint density at radius 1 is 1.00 bits per heavy atom. The number of hydrogen-bond donors (Lipinski definition) is 1. The summed E-state index contributed by atoms with van der Waals surface area (Å²) in [6, 6.07) is 21.7. The average molecular weight is 417 g/mol. The van der Waals surface area contributed by atoms with Crippen LogP contribution in [0.5, 0.6) is 0 Å². The highest BCUT2D eigenvalue weighted by atomic mass is 32.2. The molecular weight excluding hydrogens is 398 g/mol. The summed E-state index contributed by atoms with van der Waals surface area (Å²) in [6.07, 6.45) is 0.189. The van der Waals surface area contributed by atoms with Gasteiger partial charge in [-0.1, -0.05) is 60.7 Å². The van der Waals surface area contributed by atoms with Crippen LogP contribution >= 0.6 is 0 Å². The molecule has 0 fully saturated rings. The number of benzene rings is 3. The van der Waals surface area contributed by atoms with Gasteiger partial charge >= 0.3 is 0 Å². The smallest absolute Gasteiger partial charge is 0.245 e. The van der Waals surface area contributed by atoms with Crippen LogP contribution in [0.25, 0.3) is 4.85 Å². The molecular formula is C23H19N3O3S. The maximum atomic E-state index is 13.3. The Hall–Kier alpha value is -3.47. The third kappa shape index (κ3) is 3.96. The zero-order valence-corrected chi connectivity index (χ0v) is 16.8. The molecule has 0 saturated carbocycles. The van der Waals surface area contributed by atoms with E-state index in [1.807, 2.05) is 30.3 Å². The number of nitrogens with zero attached hydrogens (tertiary/aromatic N) is 2. The molecule has 150 valence electrons. The van der Waals surface area contributed by atoms with Crippen LogP contribution in [0.3, 0.4) is 0 Å². The Bertz CT molecular complexity index is 1220. The monoisotopic (exact) mass is 417 g/mol. The topological polar surface area (TPSA) is 70.8 Å². The predicted molar refractivity (Wildman–Crippen MR) is 115 cm³/mol. The van der Waals surface area contributed by atoms with Gasteiger partial charge in [-0.05, 0) is 35.7 Å². The molecule has 0 saturated heterocycles.